The molecule has 0 saturated heterocycles. The Bertz CT molecular complexity index is 485. The number of halogens is 3. The van der Waals surface area contributed by atoms with Gasteiger partial charge in [0.05, 0.1) is 20.7 Å². The molecule has 0 fully saturated rings. The molecule has 0 saturated carbocycles. The minimum atomic E-state index is -0.806. The molecule has 0 amide bonds. The molecule has 1 heterocycles. The number of ketones is 1. The van der Waals surface area contributed by atoms with Crippen LogP contribution in [0.5, 0.6) is 0 Å². The number of carbonyl (C=O) groups is 1. The highest BCUT2D eigenvalue weighted by molar-refractivity contribution is 14.1. The molecule has 1 aliphatic rings. The Morgan fingerprint density at radius 3 is 2.80 bits per heavy atom. The van der Waals surface area contributed by atoms with Gasteiger partial charge in [-0.3, -0.25) is 9.79 Å². The van der Waals surface area contributed by atoms with Gasteiger partial charge in [0.15, 0.2) is 11.6 Å². The van der Waals surface area contributed by atoms with Crippen LogP contribution in [-0.4, -0.2) is 12.0 Å². The summed E-state index contributed by atoms with van der Waals surface area (Å²) in [5.74, 6) is -2.30. The molecule has 5 heteroatoms. The summed E-state index contributed by atoms with van der Waals surface area (Å²) < 4.78 is 26.6. The van der Waals surface area contributed by atoms with Gasteiger partial charge in [0.2, 0.25) is 0 Å². The van der Waals surface area contributed by atoms with E-state index >= 15 is 0 Å². The summed E-state index contributed by atoms with van der Waals surface area (Å²) >= 11 is 1.54. The zero-order valence-electron chi connectivity index (χ0n) is 7.72. The van der Waals surface area contributed by atoms with E-state index in [-0.39, 0.29) is 20.6 Å². The van der Waals surface area contributed by atoms with Crippen LogP contribution >= 0.6 is 22.6 Å². The first-order valence-corrected chi connectivity index (χ1v) is 5.36. The molecular formula is C10H6F2INO. The van der Waals surface area contributed by atoms with Gasteiger partial charge in [0.25, 0.3) is 0 Å². The number of rotatable bonds is 0. The number of aliphatic imine (C=N–C) groups is 1. The summed E-state index contributed by atoms with van der Waals surface area (Å²) in [6.07, 6.45) is 1.40. The lowest BCUT2D eigenvalue weighted by atomic mass is 9.96. The first-order valence-electron chi connectivity index (χ1n) is 4.28. The zero-order chi connectivity index (χ0) is 11.2. The summed E-state index contributed by atoms with van der Waals surface area (Å²) in [6, 6.07) is 1.08. The SMILES string of the molecule is CC1C=Nc2cc(F)c(I)c(F)c2C1=O. The molecule has 78 valence electrons. The van der Waals surface area contributed by atoms with Crippen molar-refractivity contribution in [1.82, 2.24) is 0 Å². The van der Waals surface area contributed by atoms with E-state index in [1.165, 1.54) is 28.8 Å². The van der Waals surface area contributed by atoms with Gasteiger partial charge in [-0.15, -0.1) is 0 Å². The van der Waals surface area contributed by atoms with Crippen molar-refractivity contribution in [2.45, 2.75) is 6.92 Å². The van der Waals surface area contributed by atoms with Crippen LogP contribution in [0, 0.1) is 21.1 Å². The molecule has 1 aliphatic heterocycles. The van der Waals surface area contributed by atoms with Gasteiger partial charge in [0.1, 0.15) is 5.82 Å². The Labute approximate surface area is 98.5 Å². The van der Waals surface area contributed by atoms with Gasteiger partial charge >= 0.3 is 0 Å². The van der Waals surface area contributed by atoms with Crippen molar-refractivity contribution in [2.24, 2.45) is 10.9 Å². The highest BCUT2D eigenvalue weighted by Gasteiger charge is 2.27. The van der Waals surface area contributed by atoms with Crippen LogP contribution in [0.1, 0.15) is 17.3 Å². The Morgan fingerprint density at radius 1 is 1.47 bits per heavy atom. The van der Waals surface area contributed by atoms with Crippen LogP contribution in [0.15, 0.2) is 11.1 Å². The van der Waals surface area contributed by atoms with E-state index in [4.69, 9.17) is 0 Å². The minimum absolute atomic E-state index is 0.0773. The predicted octanol–water partition coefficient (Wildman–Crippen LogP) is 3.10. The molecule has 2 rings (SSSR count). The fourth-order valence-corrected chi connectivity index (χ4v) is 1.83. The number of benzene rings is 1. The summed E-state index contributed by atoms with van der Waals surface area (Å²) in [7, 11) is 0. The first-order chi connectivity index (χ1) is 7.02. The normalized spacial score (nSPS) is 19.2. The maximum atomic E-state index is 13.6. The summed E-state index contributed by atoms with van der Waals surface area (Å²) in [5, 5.41) is 0. The van der Waals surface area contributed by atoms with Crippen LogP contribution in [0.3, 0.4) is 0 Å². The highest BCUT2D eigenvalue weighted by atomic mass is 127. The standard InChI is InChI=1S/C10H6F2INO/c1-4-3-14-6-2-5(11)9(13)8(12)7(6)10(4)15/h2-4H,1H3. The van der Waals surface area contributed by atoms with Crippen LogP contribution in [-0.2, 0) is 0 Å². The van der Waals surface area contributed by atoms with E-state index in [0.29, 0.717) is 0 Å². The van der Waals surface area contributed by atoms with Crippen molar-refractivity contribution in [1.29, 1.82) is 0 Å². The second-order valence-corrected chi connectivity index (χ2v) is 4.39. The van der Waals surface area contributed by atoms with Crippen molar-refractivity contribution >= 4 is 40.3 Å². The van der Waals surface area contributed by atoms with Crippen molar-refractivity contribution < 1.29 is 13.6 Å². The minimum Gasteiger partial charge on any atom is -0.293 e. The van der Waals surface area contributed by atoms with Crippen LogP contribution in [0.2, 0.25) is 0 Å². The fraction of sp³-hybridized carbons (Fsp3) is 0.200. The van der Waals surface area contributed by atoms with E-state index in [1.807, 2.05) is 0 Å². The molecule has 1 unspecified atom stereocenters. The Hall–Kier alpha value is -0.850. The highest BCUT2D eigenvalue weighted by Crippen LogP contribution is 2.32. The van der Waals surface area contributed by atoms with Gasteiger partial charge in [-0.05, 0) is 22.6 Å². The van der Waals surface area contributed by atoms with E-state index in [9.17, 15) is 13.6 Å². The molecular weight excluding hydrogens is 315 g/mol. The summed E-state index contributed by atoms with van der Waals surface area (Å²) in [5.41, 5.74) is -0.0238. The van der Waals surface area contributed by atoms with Crippen LogP contribution < -0.4 is 0 Å². The molecule has 0 radical (unpaired) electrons. The average Bonchev–Trinajstić information content (AvgIpc) is 2.20. The Kier molecular flexibility index (Phi) is 2.57. The quantitative estimate of drug-likeness (QED) is 0.533. The van der Waals surface area contributed by atoms with Crippen LogP contribution in [0.25, 0.3) is 0 Å². The van der Waals surface area contributed by atoms with Gasteiger partial charge in [0, 0.05) is 12.3 Å². The van der Waals surface area contributed by atoms with Gasteiger partial charge in [-0.25, -0.2) is 8.78 Å². The monoisotopic (exact) mass is 321 g/mol. The maximum Gasteiger partial charge on any atom is 0.176 e. The Morgan fingerprint density at radius 2 is 2.13 bits per heavy atom. The molecule has 1 aromatic carbocycles. The Balaban J connectivity index is 2.75. The third-order valence-electron chi connectivity index (χ3n) is 2.24. The van der Waals surface area contributed by atoms with Crippen LogP contribution in [0.4, 0.5) is 14.5 Å². The average molecular weight is 321 g/mol. The molecule has 0 aliphatic carbocycles. The smallest absolute Gasteiger partial charge is 0.176 e. The lowest BCUT2D eigenvalue weighted by Crippen LogP contribution is -2.19. The summed E-state index contributed by atoms with van der Waals surface area (Å²) in [6.45, 7) is 1.63. The largest absolute Gasteiger partial charge is 0.293 e. The summed E-state index contributed by atoms with van der Waals surface area (Å²) in [4.78, 5) is 15.5. The molecule has 1 atom stereocenters. The molecule has 2 nitrogen and oxygen atoms in total. The third kappa shape index (κ3) is 1.58. The van der Waals surface area contributed by atoms with Crippen molar-refractivity contribution in [3.63, 3.8) is 0 Å². The number of carbonyl (C=O) groups excluding carboxylic acids is 1. The fourth-order valence-electron chi connectivity index (χ4n) is 1.41. The number of hydrogen-bond donors (Lipinski definition) is 0. The van der Waals surface area contributed by atoms with E-state index in [2.05, 4.69) is 4.99 Å². The molecule has 15 heavy (non-hydrogen) atoms. The molecule has 0 N–H and O–H groups in total. The number of nitrogens with zero attached hydrogens (tertiary/aromatic N) is 1. The van der Waals surface area contributed by atoms with Crippen molar-refractivity contribution in [3.8, 4) is 0 Å². The number of Topliss-reactive ketones (excluding diaryl/α,β-unsaturated/α-hetero) is 1. The molecule has 0 spiro atoms. The van der Waals surface area contributed by atoms with Gasteiger partial charge < -0.3 is 0 Å². The first kappa shape index (κ1) is 10.7. The van der Waals surface area contributed by atoms with Gasteiger partial charge in [-0.2, -0.15) is 0 Å². The lowest BCUT2D eigenvalue weighted by molar-refractivity contribution is 0.0958. The third-order valence-corrected chi connectivity index (χ3v) is 3.23. The maximum absolute atomic E-state index is 13.6. The second kappa shape index (κ2) is 3.62. The van der Waals surface area contributed by atoms with Crippen molar-refractivity contribution in [2.75, 3.05) is 0 Å². The lowest BCUT2D eigenvalue weighted by Gasteiger charge is -2.15. The van der Waals surface area contributed by atoms with E-state index in [0.717, 1.165) is 6.07 Å². The van der Waals surface area contributed by atoms with Crippen molar-refractivity contribution in [3.05, 3.63) is 26.8 Å². The molecule has 0 bridgehead atoms. The molecule has 0 aromatic heterocycles. The number of hydrogen-bond acceptors (Lipinski definition) is 2. The van der Waals surface area contributed by atoms with E-state index < -0.39 is 17.6 Å². The van der Waals surface area contributed by atoms with E-state index in [1.54, 1.807) is 6.92 Å². The molecule has 1 aromatic rings. The number of fused-ring (bicyclic) bond motifs is 1. The second-order valence-electron chi connectivity index (χ2n) is 3.31. The van der Waals surface area contributed by atoms with Gasteiger partial charge in [-0.1, -0.05) is 6.92 Å². The zero-order valence-corrected chi connectivity index (χ0v) is 9.88. The topological polar surface area (TPSA) is 29.4 Å². The predicted molar refractivity (Wildman–Crippen MR) is 60.7 cm³/mol.